The van der Waals surface area contributed by atoms with Gasteiger partial charge < -0.3 is 9.84 Å². The summed E-state index contributed by atoms with van der Waals surface area (Å²) in [6.45, 7) is 1.49. The van der Waals surface area contributed by atoms with Crippen LogP contribution < -0.4 is 0 Å². The Kier molecular flexibility index (Phi) is 5.52. The van der Waals surface area contributed by atoms with Gasteiger partial charge in [-0.3, -0.25) is 0 Å². The summed E-state index contributed by atoms with van der Waals surface area (Å²) in [5.74, 6) is 0. The minimum atomic E-state index is -3.45. The van der Waals surface area contributed by atoms with E-state index >= 15 is 0 Å². The van der Waals surface area contributed by atoms with Gasteiger partial charge in [0.15, 0.2) is 0 Å². The first-order valence-electron chi connectivity index (χ1n) is 6.94. The fourth-order valence-corrected chi connectivity index (χ4v) is 3.71. The minimum absolute atomic E-state index is 0.0608. The van der Waals surface area contributed by atoms with Crippen molar-refractivity contribution in [2.75, 3.05) is 33.4 Å². The van der Waals surface area contributed by atoms with Crippen molar-refractivity contribution in [3.05, 3.63) is 41.5 Å². The highest BCUT2D eigenvalue weighted by Gasteiger charge is 2.25. The van der Waals surface area contributed by atoms with Gasteiger partial charge >= 0.3 is 0 Å². The molecule has 116 valence electrons. The van der Waals surface area contributed by atoms with Gasteiger partial charge in [0.2, 0.25) is 10.0 Å². The molecule has 0 aliphatic carbocycles. The lowest BCUT2D eigenvalue weighted by atomic mass is 10.1. The van der Waals surface area contributed by atoms with Gasteiger partial charge in [-0.05, 0) is 36.1 Å². The van der Waals surface area contributed by atoms with E-state index in [0.717, 1.165) is 11.1 Å². The topological polar surface area (TPSA) is 66.8 Å². The van der Waals surface area contributed by atoms with Crippen LogP contribution in [0.1, 0.15) is 12.0 Å². The maximum atomic E-state index is 12.5. The molecule has 1 aromatic carbocycles. The van der Waals surface area contributed by atoms with E-state index in [9.17, 15) is 8.42 Å². The third-order valence-electron chi connectivity index (χ3n) is 3.56. The second-order valence-electron chi connectivity index (χ2n) is 5.03. The number of hydrogen-bond acceptors (Lipinski definition) is 4. The predicted molar refractivity (Wildman–Crippen MR) is 80.6 cm³/mol. The molecular formula is C15H21NO4S. The summed E-state index contributed by atoms with van der Waals surface area (Å²) in [5.41, 5.74) is 2.07. The van der Waals surface area contributed by atoms with Gasteiger partial charge in [-0.1, -0.05) is 18.2 Å². The number of methoxy groups -OCH3 is 1. The molecule has 0 aromatic heterocycles. The highest BCUT2D eigenvalue weighted by Crippen LogP contribution is 2.21. The van der Waals surface area contributed by atoms with Crippen LogP contribution in [0.2, 0.25) is 0 Å². The summed E-state index contributed by atoms with van der Waals surface area (Å²) in [6.07, 6.45) is 3.16. The summed E-state index contributed by atoms with van der Waals surface area (Å²) in [7, 11) is -1.81. The molecule has 1 aliphatic heterocycles. The van der Waals surface area contributed by atoms with E-state index in [0.29, 0.717) is 37.4 Å². The van der Waals surface area contributed by atoms with E-state index in [-0.39, 0.29) is 6.61 Å². The molecule has 0 spiro atoms. The molecule has 0 fully saturated rings. The number of nitrogens with zero attached hydrogens (tertiary/aromatic N) is 1. The summed E-state index contributed by atoms with van der Waals surface area (Å²) in [5, 5.41) is 8.88. The number of hydrogen-bond donors (Lipinski definition) is 1. The molecule has 0 atom stereocenters. The van der Waals surface area contributed by atoms with Gasteiger partial charge in [0, 0.05) is 26.8 Å². The van der Waals surface area contributed by atoms with Gasteiger partial charge in [-0.15, -0.1) is 0 Å². The molecule has 6 heteroatoms. The van der Waals surface area contributed by atoms with Gasteiger partial charge in [0.25, 0.3) is 0 Å². The Labute approximate surface area is 125 Å². The lowest BCUT2D eigenvalue weighted by Gasteiger charge is -2.25. The number of ether oxygens (including phenoxy) is 1. The average Bonchev–Trinajstić information content (AvgIpc) is 2.49. The van der Waals surface area contributed by atoms with E-state index in [2.05, 4.69) is 0 Å². The summed E-state index contributed by atoms with van der Waals surface area (Å²) in [4.78, 5) is 0.299. The minimum Gasteiger partial charge on any atom is -0.396 e. The molecule has 0 unspecified atom stereocenters. The third kappa shape index (κ3) is 3.91. The van der Waals surface area contributed by atoms with E-state index < -0.39 is 10.0 Å². The largest absolute Gasteiger partial charge is 0.396 e. The van der Waals surface area contributed by atoms with Crippen LogP contribution in [0.15, 0.2) is 40.8 Å². The fraction of sp³-hybridized carbons (Fsp3) is 0.467. The maximum absolute atomic E-state index is 12.5. The number of aliphatic hydroxyl groups is 1. The average molecular weight is 311 g/mol. The van der Waals surface area contributed by atoms with Crippen LogP contribution in [0.5, 0.6) is 0 Å². The summed E-state index contributed by atoms with van der Waals surface area (Å²) >= 11 is 0. The zero-order valence-corrected chi connectivity index (χ0v) is 13.0. The monoisotopic (exact) mass is 311 g/mol. The van der Waals surface area contributed by atoms with Crippen molar-refractivity contribution in [2.45, 2.75) is 17.7 Å². The third-order valence-corrected chi connectivity index (χ3v) is 5.44. The second-order valence-corrected chi connectivity index (χ2v) is 6.96. The van der Waals surface area contributed by atoms with Crippen LogP contribution in [0.25, 0.3) is 0 Å². The first kappa shape index (κ1) is 16.2. The van der Waals surface area contributed by atoms with Crippen LogP contribution in [0.4, 0.5) is 0 Å². The molecule has 1 aromatic rings. The Morgan fingerprint density at radius 1 is 1.29 bits per heavy atom. The lowest BCUT2D eigenvalue weighted by molar-refractivity contribution is 0.219. The maximum Gasteiger partial charge on any atom is 0.243 e. The van der Waals surface area contributed by atoms with Crippen LogP contribution in [0.3, 0.4) is 0 Å². The number of sulfonamides is 1. The lowest BCUT2D eigenvalue weighted by Crippen LogP contribution is -2.35. The fourth-order valence-electron chi connectivity index (χ4n) is 2.33. The smallest absolute Gasteiger partial charge is 0.243 e. The zero-order valence-electron chi connectivity index (χ0n) is 12.2. The zero-order chi connectivity index (χ0) is 15.3. The van der Waals surface area contributed by atoms with E-state index in [1.54, 1.807) is 31.4 Å². The highest BCUT2D eigenvalue weighted by atomic mass is 32.2. The molecule has 5 nitrogen and oxygen atoms in total. The Hall–Kier alpha value is -1.21. The van der Waals surface area contributed by atoms with Crippen molar-refractivity contribution in [3.63, 3.8) is 0 Å². The molecule has 0 amide bonds. The summed E-state index contributed by atoms with van der Waals surface area (Å²) < 4.78 is 31.6. The Bertz CT molecular complexity index is 593. The van der Waals surface area contributed by atoms with Crippen molar-refractivity contribution in [3.8, 4) is 0 Å². The van der Waals surface area contributed by atoms with Gasteiger partial charge in [0.1, 0.15) is 0 Å². The standard InChI is InChI=1S/C15H21NO4S/c1-20-12-14-6-9-16(10-7-14)21(18,19)15-4-2-13(3-5-15)8-11-17/h2-6,17H,7-12H2,1H3. The Balaban J connectivity index is 2.11. The van der Waals surface area contributed by atoms with E-state index in [1.807, 2.05) is 6.08 Å². The van der Waals surface area contributed by atoms with Gasteiger partial charge in [-0.25, -0.2) is 8.42 Å². The van der Waals surface area contributed by atoms with Gasteiger partial charge in [0.05, 0.1) is 11.5 Å². The van der Waals surface area contributed by atoms with E-state index in [4.69, 9.17) is 9.84 Å². The van der Waals surface area contributed by atoms with Crippen LogP contribution in [0, 0.1) is 0 Å². The molecule has 21 heavy (non-hydrogen) atoms. The van der Waals surface area contributed by atoms with Crippen LogP contribution >= 0.6 is 0 Å². The van der Waals surface area contributed by atoms with Crippen molar-refractivity contribution in [2.24, 2.45) is 0 Å². The second kappa shape index (κ2) is 7.17. The van der Waals surface area contributed by atoms with E-state index in [1.165, 1.54) is 4.31 Å². The number of aliphatic hydroxyl groups excluding tert-OH is 1. The van der Waals surface area contributed by atoms with Crippen molar-refractivity contribution >= 4 is 10.0 Å². The first-order chi connectivity index (χ1) is 10.1. The number of benzene rings is 1. The summed E-state index contributed by atoms with van der Waals surface area (Å²) in [6, 6.07) is 6.71. The van der Waals surface area contributed by atoms with Crippen molar-refractivity contribution in [1.29, 1.82) is 0 Å². The predicted octanol–water partition coefficient (Wildman–Crippen LogP) is 1.19. The molecule has 0 saturated carbocycles. The molecule has 0 radical (unpaired) electrons. The SMILES string of the molecule is COCC1=CCN(S(=O)(=O)c2ccc(CCO)cc2)CC1. The number of rotatable bonds is 6. The molecule has 2 rings (SSSR count). The molecule has 0 bridgehead atoms. The van der Waals surface area contributed by atoms with Crippen molar-refractivity contribution < 1.29 is 18.3 Å². The normalized spacial score (nSPS) is 16.8. The molecular weight excluding hydrogens is 290 g/mol. The first-order valence-corrected chi connectivity index (χ1v) is 8.38. The van der Waals surface area contributed by atoms with Gasteiger partial charge in [-0.2, -0.15) is 4.31 Å². The quantitative estimate of drug-likeness (QED) is 0.801. The molecule has 1 aliphatic rings. The molecule has 1 N–H and O–H groups in total. The Morgan fingerprint density at radius 2 is 2.00 bits per heavy atom. The van der Waals surface area contributed by atoms with Crippen LogP contribution in [-0.2, 0) is 21.2 Å². The Morgan fingerprint density at radius 3 is 2.52 bits per heavy atom. The highest BCUT2D eigenvalue weighted by molar-refractivity contribution is 7.89. The molecule has 0 saturated heterocycles. The van der Waals surface area contributed by atoms with Crippen molar-refractivity contribution in [1.82, 2.24) is 4.31 Å². The molecule has 1 heterocycles. The van der Waals surface area contributed by atoms with Crippen LogP contribution in [-0.4, -0.2) is 51.2 Å².